The molecule has 2 aromatic heterocycles. The van der Waals surface area contributed by atoms with Gasteiger partial charge in [-0.15, -0.1) is 0 Å². The van der Waals surface area contributed by atoms with E-state index in [-0.39, 0.29) is 22.9 Å². The number of carbonyl (C=O) groups excluding carboxylic acids is 2. The van der Waals surface area contributed by atoms with E-state index in [0.29, 0.717) is 17.0 Å². The summed E-state index contributed by atoms with van der Waals surface area (Å²) in [6.45, 7) is 4.54. The van der Waals surface area contributed by atoms with Gasteiger partial charge < -0.3 is 15.2 Å². The molecule has 0 aliphatic heterocycles. The first kappa shape index (κ1) is 25.5. The molecule has 0 fully saturated rings. The van der Waals surface area contributed by atoms with E-state index in [1.165, 1.54) is 32.2 Å². The van der Waals surface area contributed by atoms with Gasteiger partial charge in [0.1, 0.15) is 10.6 Å². The van der Waals surface area contributed by atoms with Crippen LogP contribution in [0.5, 0.6) is 5.88 Å². The summed E-state index contributed by atoms with van der Waals surface area (Å²) < 4.78 is 41.4. The van der Waals surface area contributed by atoms with Crippen molar-refractivity contribution in [2.75, 3.05) is 6.61 Å². The lowest BCUT2D eigenvalue weighted by molar-refractivity contribution is -0.154. The summed E-state index contributed by atoms with van der Waals surface area (Å²) in [6.07, 6.45) is -3.41. The normalized spacial score (nSPS) is 12.9. The number of halogens is 4. The molecule has 0 aliphatic carbocycles. The van der Waals surface area contributed by atoms with E-state index < -0.39 is 36.1 Å². The van der Waals surface area contributed by atoms with Crippen molar-refractivity contribution in [1.82, 2.24) is 15.3 Å². The van der Waals surface area contributed by atoms with Crippen molar-refractivity contribution in [3.8, 4) is 5.88 Å². The second kappa shape index (κ2) is 9.83. The van der Waals surface area contributed by atoms with Crippen LogP contribution < -0.4 is 10.1 Å². The zero-order chi connectivity index (χ0) is 24.3. The Balaban J connectivity index is 2.12. The molecule has 32 heavy (non-hydrogen) atoms. The molecule has 2 heterocycles. The molecule has 0 saturated carbocycles. The number of rotatable bonds is 8. The minimum absolute atomic E-state index is 0.125. The number of alkyl halides is 3. The summed E-state index contributed by atoms with van der Waals surface area (Å²) in [6, 6.07) is 3.77. The number of ether oxygens (including phenoxy) is 1. The molecule has 2 aromatic rings. The average Bonchev–Trinajstić information content (AvgIpc) is 2.64. The highest BCUT2D eigenvalue weighted by Crippen LogP contribution is 2.27. The maximum Gasteiger partial charge on any atom is 0.422 e. The molecule has 0 aliphatic rings. The van der Waals surface area contributed by atoms with Gasteiger partial charge in [0.25, 0.3) is 5.91 Å². The number of aromatic nitrogens is 2. The molecule has 0 spiro atoms. The molecular formula is C21H23ClF3N3O4. The smallest absolute Gasteiger partial charge is 0.422 e. The van der Waals surface area contributed by atoms with Gasteiger partial charge in [0, 0.05) is 23.1 Å². The fraction of sp³-hybridized carbons (Fsp3) is 0.429. The van der Waals surface area contributed by atoms with E-state index in [4.69, 9.17) is 11.6 Å². The Bertz CT molecular complexity index is 1010. The highest BCUT2D eigenvalue weighted by Gasteiger charge is 2.29. The number of aryl methyl sites for hydroxylation is 1. The highest BCUT2D eigenvalue weighted by atomic mass is 35.5. The first-order valence-corrected chi connectivity index (χ1v) is 9.92. The third-order valence-corrected chi connectivity index (χ3v) is 4.61. The molecule has 0 bridgehead atoms. The summed E-state index contributed by atoms with van der Waals surface area (Å²) in [5.74, 6) is -1.27. The Hall–Kier alpha value is -2.72. The molecule has 0 radical (unpaired) electrons. The van der Waals surface area contributed by atoms with E-state index in [1.54, 1.807) is 19.9 Å². The molecule has 7 nitrogen and oxygen atoms in total. The zero-order valence-corrected chi connectivity index (χ0v) is 18.6. The summed E-state index contributed by atoms with van der Waals surface area (Å²) in [5, 5.41) is 12.4. The molecule has 2 rings (SSSR count). The summed E-state index contributed by atoms with van der Waals surface area (Å²) >= 11 is 5.95. The highest BCUT2D eigenvalue weighted by molar-refractivity contribution is 6.31. The largest absolute Gasteiger partial charge is 0.467 e. The molecule has 11 heteroatoms. The number of nitrogens with zero attached hydrogens (tertiary/aromatic N) is 2. The molecule has 0 aromatic carbocycles. The number of aliphatic hydroxyl groups is 1. The zero-order valence-electron chi connectivity index (χ0n) is 17.9. The van der Waals surface area contributed by atoms with Crippen LogP contribution in [-0.4, -0.2) is 45.1 Å². The number of ketones is 1. The van der Waals surface area contributed by atoms with E-state index in [1.807, 2.05) is 0 Å². The van der Waals surface area contributed by atoms with Gasteiger partial charge in [0.15, 0.2) is 12.4 Å². The van der Waals surface area contributed by atoms with Gasteiger partial charge in [0.05, 0.1) is 12.5 Å². The lowest BCUT2D eigenvalue weighted by atomic mass is 9.98. The number of hydrogen-bond acceptors (Lipinski definition) is 6. The van der Waals surface area contributed by atoms with Crippen molar-refractivity contribution < 1.29 is 32.6 Å². The third-order valence-electron chi connectivity index (χ3n) is 4.34. The summed E-state index contributed by atoms with van der Waals surface area (Å²) in [4.78, 5) is 32.8. The third kappa shape index (κ3) is 7.45. The molecule has 1 unspecified atom stereocenters. The minimum Gasteiger partial charge on any atom is -0.467 e. The fourth-order valence-electron chi connectivity index (χ4n) is 2.64. The second-order valence-corrected chi connectivity index (χ2v) is 8.21. The molecule has 1 atom stereocenters. The van der Waals surface area contributed by atoms with Crippen LogP contribution in [0.15, 0.2) is 24.4 Å². The van der Waals surface area contributed by atoms with Gasteiger partial charge >= 0.3 is 6.18 Å². The topological polar surface area (TPSA) is 101 Å². The number of Topliss-reactive ketones (excluding diaryl/α,β-unsaturated/α-hetero) is 1. The van der Waals surface area contributed by atoms with Crippen LogP contribution in [0.3, 0.4) is 0 Å². The Morgan fingerprint density at radius 3 is 2.47 bits per heavy atom. The first-order valence-electron chi connectivity index (χ1n) is 9.55. The number of hydrogen-bond donors (Lipinski definition) is 2. The van der Waals surface area contributed by atoms with Gasteiger partial charge in [-0.2, -0.15) is 13.2 Å². The molecule has 1 amide bonds. The minimum atomic E-state index is -4.52. The quantitative estimate of drug-likeness (QED) is 0.605. The maximum atomic E-state index is 12.7. The fourth-order valence-corrected chi connectivity index (χ4v) is 2.87. The number of carbonyl (C=O) groups is 2. The van der Waals surface area contributed by atoms with Gasteiger partial charge in [0.2, 0.25) is 5.88 Å². The first-order chi connectivity index (χ1) is 14.7. The number of amides is 1. The second-order valence-electron chi connectivity index (χ2n) is 7.80. The number of pyridine rings is 2. The Morgan fingerprint density at radius 2 is 1.91 bits per heavy atom. The molecular weight excluding hydrogens is 451 g/mol. The van der Waals surface area contributed by atoms with Gasteiger partial charge in [-0.1, -0.05) is 11.6 Å². The Labute approximate surface area is 188 Å². The van der Waals surface area contributed by atoms with Crippen molar-refractivity contribution in [3.05, 3.63) is 51.9 Å². The maximum absolute atomic E-state index is 12.7. The SMILES string of the molecule is Cc1cc(C(=O)NC(C)c2cnc(OCC(F)(F)F)c(Cl)c2)cc(CC(=O)C(C)(C)O)n1. The van der Waals surface area contributed by atoms with Crippen LogP contribution in [0.4, 0.5) is 13.2 Å². The van der Waals surface area contributed by atoms with E-state index in [0.717, 1.165) is 0 Å². The van der Waals surface area contributed by atoms with E-state index >= 15 is 0 Å². The van der Waals surface area contributed by atoms with Crippen molar-refractivity contribution in [3.63, 3.8) is 0 Å². The monoisotopic (exact) mass is 473 g/mol. The van der Waals surface area contributed by atoms with Crippen molar-refractivity contribution >= 4 is 23.3 Å². The van der Waals surface area contributed by atoms with Crippen LogP contribution in [0, 0.1) is 6.92 Å². The van der Waals surface area contributed by atoms with Crippen LogP contribution in [-0.2, 0) is 11.2 Å². The lowest BCUT2D eigenvalue weighted by Gasteiger charge is -2.17. The van der Waals surface area contributed by atoms with Crippen molar-refractivity contribution in [2.45, 2.75) is 51.9 Å². The number of nitrogens with one attached hydrogen (secondary N) is 1. The lowest BCUT2D eigenvalue weighted by Crippen LogP contribution is -2.33. The average molecular weight is 474 g/mol. The van der Waals surface area contributed by atoms with Gasteiger partial charge in [-0.05, 0) is 51.5 Å². The molecule has 2 N–H and O–H groups in total. The predicted octanol–water partition coefficient (Wildman–Crippen LogP) is 3.75. The Kier molecular flexibility index (Phi) is 7.84. The van der Waals surface area contributed by atoms with Gasteiger partial charge in [-0.3, -0.25) is 14.6 Å². The standard InChI is InChI=1S/C21H23ClF3N3O4/c1-11-5-13(6-15(27-11)8-17(29)20(3,4)31)18(30)28-12(2)14-7-16(22)19(26-9-14)32-10-21(23,24)25/h5-7,9,12,31H,8,10H2,1-4H3,(H,28,30). The van der Waals surface area contributed by atoms with E-state index in [9.17, 15) is 27.9 Å². The molecule has 174 valence electrons. The molecule has 0 saturated heterocycles. The van der Waals surface area contributed by atoms with Crippen molar-refractivity contribution in [1.29, 1.82) is 0 Å². The van der Waals surface area contributed by atoms with Crippen LogP contribution >= 0.6 is 11.6 Å². The van der Waals surface area contributed by atoms with Crippen LogP contribution in [0.2, 0.25) is 5.02 Å². The van der Waals surface area contributed by atoms with Gasteiger partial charge in [-0.25, -0.2) is 4.98 Å². The predicted molar refractivity (Wildman–Crippen MR) is 111 cm³/mol. The van der Waals surface area contributed by atoms with Crippen molar-refractivity contribution in [2.24, 2.45) is 0 Å². The summed E-state index contributed by atoms with van der Waals surface area (Å²) in [5.41, 5.74) is 0.0356. The van der Waals surface area contributed by atoms with E-state index in [2.05, 4.69) is 20.0 Å². The Morgan fingerprint density at radius 1 is 1.25 bits per heavy atom. The summed E-state index contributed by atoms with van der Waals surface area (Å²) in [7, 11) is 0. The van der Waals surface area contributed by atoms with Crippen LogP contribution in [0.1, 0.15) is 54.1 Å². The van der Waals surface area contributed by atoms with Crippen LogP contribution in [0.25, 0.3) is 0 Å².